The maximum Gasteiger partial charge on any atom is 0.270 e. The third-order valence-electron chi connectivity index (χ3n) is 5.64. The van der Waals surface area contributed by atoms with E-state index in [0.29, 0.717) is 37.8 Å². The molecular weight excluding hydrogens is 388 g/mol. The van der Waals surface area contributed by atoms with Crippen LogP contribution in [0.4, 0.5) is 0 Å². The minimum absolute atomic E-state index is 0. The molecular formula is C18H31ClN4O3S. The van der Waals surface area contributed by atoms with Crippen LogP contribution in [0.5, 0.6) is 0 Å². The van der Waals surface area contributed by atoms with Crippen LogP contribution in [0.1, 0.15) is 49.5 Å². The number of halogens is 1. The smallest absolute Gasteiger partial charge is 0.270 e. The van der Waals surface area contributed by atoms with Crippen LogP contribution in [0.2, 0.25) is 0 Å². The maximum absolute atomic E-state index is 13.0. The maximum atomic E-state index is 13.0. The highest BCUT2D eigenvalue weighted by molar-refractivity contribution is 7.89. The summed E-state index contributed by atoms with van der Waals surface area (Å²) in [5.74, 6) is 0.183. The highest BCUT2D eigenvalue weighted by Crippen LogP contribution is 2.25. The molecule has 154 valence electrons. The molecule has 2 atom stereocenters. The molecule has 7 nitrogen and oxygen atoms in total. The van der Waals surface area contributed by atoms with Gasteiger partial charge in [-0.15, -0.1) is 12.4 Å². The van der Waals surface area contributed by atoms with Gasteiger partial charge in [0.25, 0.3) is 5.91 Å². The molecule has 1 amide bonds. The fourth-order valence-electron chi connectivity index (χ4n) is 3.93. The molecule has 1 aromatic rings. The molecule has 2 saturated heterocycles. The largest absolute Gasteiger partial charge is 0.345 e. The van der Waals surface area contributed by atoms with Crippen LogP contribution in [0.15, 0.2) is 17.2 Å². The van der Waals surface area contributed by atoms with Gasteiger partial charge in [-0.2, -0.15) is 4.31 Å². The minimum Gasteiger partial charge on any atom is -0.345 e. The number of amides is 1. The van der Waals surface area contributed by atoms with Crippen molar-refractivity contribution in [2.24, 2.45) is 18.7 Å². The Bertz CT molecular complexity index is 757. The number of hydrogen-bond acceptors (Lipinski definition) is 4. The molecule has 2 fully saturated rings. The average molecular weight is 419 g/mol. The molecule has 2 aliphatic rings. The molecule has 2 aliphatic heterocycles. The summed E-state index contributed by atoms with van der Waals surface area (Å²) >= 11 is 0. The van der Waals surface area contributed by atoms with Crippen molar-refractivity contribution < 1.29 is 13.2 Å². The fourth-order valence-corrected chi connectivity index (χ4v) is 5.52. The number of aryl methyl sites for hydroxylation is 1. The summed E-state index contributed by atoms with van der Waals surface area (Å²) in [7, 11) is -1.80. The highest BCUT2D eigenvalue weighted by atomic mass is 35.5. The van der Waals surface area contributed by atoms with Crippen LogP contribution in [0.25, 0.3) is 0 Å². The van der Waals surface area contributed by atoms with Crippen LogP contribution < -0.4 is 5.73 Å². The molecule has 2 unspecified atom stereocenters. The number of aromatic nitrogens is 1. The number of rotatable bonds is 4. The van der Waals surface area contributed by atoms with E-state index in [1.807, 2.05) is 11.8 Å². The van der Waals surface area contributed by atoms with Crippen LogP contribution >= 0.6 is 12.4 Å². The van der Waals surface area contributed by atoms with Gasteiger partial charge in [-0.05, 0) is 44.6 Å². The Morgan fingerprint density at radius 1 is 1.19 bits per heavy atom. The van der Waals surface area contributed by atoms with Gasteiger partial charge in [-0.3, -0.25) is 4.79 Å². The monoisotopic (exact) mass is 418 g/mol. The van der Waals surface area contributed by atoms with E-state index in [9.17, 15) is 13.2 Å². The molecule has 1 aromatic heterocycles. The lowest BCUT2D eigenvalue weighted by molar-refractivity contribution is 0.0651. The molecule has 2 N–H and O–H groups in total. The second kappa shape index (κ2) is 8.94. The van der Waals surface area contributed by atoms with Gasteiger partial charge in [0.2, 0.25) is 10.0 Å². The summed E-state index contributed by atoms with van der Waals surface area (Å²) in [6.07, 6.45) is 6.38. The van der Waals surface area contributed by atoms with Gasteiger partial charge in [0.15, 0.2) is 0 Å². The summed E-state index contributed by atoms with van der Waals surface area (Å²) < 4.78 is 28.9. The number of hydrogen-bond donors (Lipinski definition) is 1. The average Bonchev–Trinajstić information content (AvgIpc) is 3.04. The first-order chi connectivity index (χ1) is 12.3. The molecule has 27 heavy (non-hydrogen) atoms. The molecule has 0 spiro atoms. The van der Waals surface area contributed by atoms with Crippen LogP contribution in [0, 0.1) is 5.92 Å². The van der Waals surface area contributed by atoms with Gasteiger partial charge in [0.1, 0.15) is 10.6 Å². The molecule has 3 rings (SSSR count). The first kappa shape index (κ1) is 22.2. The van der Waals surface area contributed by atoms with E-state index in [2.05, 4.69) is 0 Å². The number of piperidine rings is 2. The van der Waals surface area contributed by atoms with E-state index in [1.54, 1.807) is 17.8 Å². The summed E-state index contributed by atoms with van der Waals surface area (Å²) in [5.41, 5.74) is 6.44. The minimum atomic E-state index is -3.53. The Hall–Kier alpha value is -1.09. The van der Waals surface area contributed by atoms with E-state index >= 15 is 0 Å². The lowest BCUT2D eigenvalue weighted by Crippen LogP contribution is -2.45. The first-order valence-corrected chi connectivity index (χ1v) is 11.0. The molecule has 0 aliphatic carbocycles. The van der Waals surface area contributed by atoms with Crippen molar-refractivity contribution in [3.05, 3.63) is 18.0 Å². The Morgan fingerprint density at radius 2 is 1.85 bits per heavy atom. The van der Waals surface area contributed by atoms with Crippen molar-refractivity contribution in [3.63, 3.8) is 0 Å². The number of nitrogens with zero attached hydrogens (tertiary/aromatic N) is 3. The van der Waals surface area contributed by atoms with Gasteiger partial charge < -0.3 is 15.2 Å². The van der Waals surface area contributed by atoms with E-state index in [-0.39, 0.29) is 29.3 Å². The summed E-state index contributed by atoms with van der Waals surface area (Å²) in [4.78, 5) is 15.0. The first-order valence-electron chi connectivity index (χ1n) is 9.52. The summed E-state index contributed by atoms with van der Waals surface area (Å²) in [6, 6.07) is 1.58. The zero-order valence-electron chi connectivity index (χ0n) is 16.1. The van der Waals surface area contributed by atoms with Crippen molar-refractivity contribution in [1.82, 2.24) is 13.8 Å². The number of carbonyl (C=O) groups excluding carboxylic acids is 1. The van der Waals surface area contributed by atoms with Gasteiger partial charge >= 0.3 is 0 Å². The molecule has 0 aromatic carbocycles. The number of sulfonamides is 1. The third kappa shape index (κ3) is 4.67. The molecule has 0 bridgehead atoms. The van der Waals surface area contributed by atoms with Crippen molar-refractivity contribution in [1.29, 1.82) is 0 Å². The lowest BCUT2D eigenvalue weighted by Gasteiger charge is -2.34. The number of nitrogens with two attached hydrogens (primary N) is 1. The Morgan fingerprint density at radius 3 is 2.48 bits per heavy atom. The highest BCUT2D eigenvalue weighted by Gasteiger charge is 2.31. The van der Waals surface area contributed by atoms with Crippen LogP contribution in [-0.2, 0) is 17.1 Å². The zero-order valence-corrected chi connectivity index (χ0v) is 17.8. The molecule has 0 radical (unpaired) electrons. The number of carbonyl (C=O) groups is 1. The Labute approximate surface area is 168 Å². The van der Waals surface area contributed by atoms with Gasteiger partial charge in [-0.25, -0.2) is 8.42 Å². The third-order valence-corrected chi connectivity index (χ3v) is 7.50. The van der Waals surface area contributed by atoms with Gasteiger partial charge in [0.05, 0.1) is 0 Å². The standard InChI is InChI=1S/C18H30N4O3S.ClH/c1-14(19)15-7-6-8-21(12-15)18(23)17-11-16(13-20(17)2)26(24,25)22-9-4-3-5-10-22;/h11,13-15H,3-10,12,19H2,1-2H3;1H. The predicted molar refractivity (Wildman–Crippen MR) is 108 cm³/mol. The van der Waals surface area contributed by atoms with E-state index < -0.39 is 10.0 Å². The molecule has 3 heterocycles. The van der Waals surface area contributed by atoms with Crippen molar-refractivity contribution in [3.8, 4) is 0 Å². The molecule has 0 saturated carbocycles. The number of likely N-dealkylation sites (tertiary alicyclic amines) is 1. The summed E-state index contributed by atoms with van der Waals surface area (Å²) in [5, 5.41) is 0. The van der Waals surface area contributed by atoms with Crippen LogP contribution in [0.3, 0.4) is 0 Å². The van der Waals surface area contributed by atoms with Crippen LogP contribution in [-0.4, -0.2) is 60.3 Å². The van der Waals surface area contributed by atoms with E-state index in [1.165, 1.54) is 10.4 Å². The normalized spacial score (nSPS) is 22.9. The van der Waals surface area contributed by atoms with Crippen molar-refractivity contribution >= 4 is 28.3 Å². The zero-order chi connectivity index (χ0) is 18.9. The van der Waals surface area contributed by atoms with Gasteiger partial charge in [0, 0.05) is 45.5 Å². The second-order valence-electron chi connectivity index (χ2n) is 7.65. The molecule has 9 heteroatoms. The Kier molecular flexibility index (Phi) is 7.35. The van der Waals surface area contributed by atoms with Crippen molar-refractivity contribution in [2.45, 2.75) is 50.0 Å². The van der Waals surface area contributed by atoms with E-state index in [4.69, 9.17) is 5.73 Å². The second-order valence-corrected chi connectivity index (χ2v) is 9.59. The lowest BCUT2D eigenvalue weighted by atomic mass is 9.92. The SMILES string of the molecule is CC(N)C1CCCN(C(=O)c2cc(S(=O)(=O)N3CCCCC3)cn2C)C1.Cl. The predicted octanol–water partition coefficient (Wildman–Crippen LogP) is 1.82. The van der Waals surface area contributed by atoms with Crippen molar-refractivity contribution in [2.75, 3.05) is 26.2 Å². The fraction of sp³-hybridized carbons (Fsp3) is 0.722. The quantitative estimate of drug-likeness (QED) is 0.807. The summed E-state index contributed by atoms with van der Waals surface area (Å²) in [6.45, 7) is 4.42. The topological polar surface area (TPSA) is 88.6 Å². The van der Waals surface area contributed by atoms with E-state index in [0.717, 1.165) is 32.1 Å². The van der Waals surface area contributed by atoms with Gasteiger partial charge in [-0.1, -0.05) is 6.42 Å². The Balaban J connectivity index is 0.00000261.